The molecule has 1 rings (SSSR count). The maximum absolute atomic E-state index is 11.9. The third kappa shape index (κ3) is 4.08. The summed E-state index contributed by atoms with van der Waals surface area (Å²) < 4.78 is 26.2. The quantitative estimate of drug-likeness (QED) is 0.744. The third-order valence-electron chi connectivity index (χ3n) is 3.00. The van der Waals surface area contributed by atoms with Crippen LogP contribution in [-0.2, 0) is 10.0 Å². The van der Waals surface area contributed by atoms with Crippen LogP contribution in [0.15, 0.2) is 29.2 Å². The highest BCUT2D eigenvalue weighted by molar-refractivity contribution is 7.89. The van der Waals surface area contributed by atoms with Gasteiger partial charge in [-0.3, -0.25) is 0 Å². The zero-order valence-electron chi connectivity index (χ0n) is 10.9. The summed E-state index contributed by atoms with van der Waals surface area (Å²) in [5, 5.41) is 8.62. The number of hydrogen-bond acceptors (Lipinski definition) is 3. The van der Waals surface area contributed by atoms with Crippen LogP contribution < -0.4 is 4.72 Å². The first kappa shape index (κ1) is 15.1. The van der Waals surface area contributed by atoms with Crippen molar-refractivity contribution in [1.29, 1.82) is 0 Å². The molecule has 5 heteroatoms. The van der Waals surface area contributed by atoms with E-state index in [1.165, 1.54) is 0 Å². The molecule has 1 atom stereocenters. The fourth-order valence-electron chi connectivity index (χ4n) is 1.58. The highest BCUT2D eigenvalue weighted by Gasteiger charge is 2.13. The zero-order chi connectivity index (χ0) is 13.6. The Hall–Kier alpha value is -0.910. The molecule has 0 radical (unpaired) electrons. The molecule has 0 aliphatic rings. The Bertz CT molecular complexity index is 454. The second kappa shape index (κ2) is 6.87. The summed E-state index contributed by atoms with van der Waals surface area (Å²) in [7, 11) is -3.44. The second-order valence-corrected chi connectivity index (χ2v) is 6.12. The minimum atomic E-state index is -3.44. The summed E-state index contributed by atoms with van der Waals surface area (Å²) in [6, 6.07) is 6.97. The van der Waals surface area contributed by atoms with Gasteiger partial charge in [-0.2, -0.15) is 0 Å². The van der Waals surface area contributed by atoms with Crippen molar-refractivity contribution < 1.29 is 13.5 Å². The Kier molecular flexibility index (Phi) is 5.78. The largest absolute Gasteiger partial charge is 0.396 e. The monoisotopic (exact) mass is 271 g/mol. The number of aliphatic hydroxyl groups is 1. The molecule has 0 amide bonds. The van der Waals surface area contributed by atoms with E-state index in [0.29, 0.717) is 12.3 Å². The fraction of sp³-hybridized carbons (Fsp3) is 0.538. The lowest BCUT2D eigenvalue weighted by atomic mass is 9.99. The van der Waals surface area contributed by atoms with Crippen molar-refractivity contribution in [1.82, 2.24) is 4.72 Å². The van der Waals surface area contributed by atoms with Gasteiger partial charge >= 0.3 is 0 Å². The summed E-state index contributed by atoms with van der Waals surface area (Å²) in [4.78, 5) is 0.271. The van der Waals surface area contributed by atoms with Crippen LogP contribution in [0.3, 0.4) is 0 Å². The van der Waals surface area contributed by atoms with E-state index in [9.17, 15) is 8.42 Å². The van der Waals surface area contributed by atoms with Crippen LogP contribution in [-0.4, -0.2) is 26.7 Å². The third-order valence-corrected chi connectivity index (χ3v) is 4.48. The molecular weight excluding hydrogens is 250 g/mol. The number of benzene rings is 1. The maximum Gasteiger partial charge on any atom is 0.240 e. The topological polar surface area (TPSA) is 66.4 Å². The van der Waals surface area contributed by atoms with Gasteiger partial charge in [-0.15, -0.1) is 0 Å². The van der Waals surface area contributed by atoms with Gasteiger partial charge in [0.15, 0.2) is 0 Å². The van der Waals surface area contributed by atoms with Gasteiger partial charge in [0.2, 0.25) is 10.0 Å². The predicted molar refractivity (Wildman–Crippen MR) is 72.0 cm³/mol. The maximum atomic E-state index is 11.9. The lowest BCUT2D eigenvalue weighted by Gasteiger charge is -2.10. The van der Waals surface area contributed by atoms with Crippen LogP contribution in [0.25, 0.3) is 0 Å². The van der Waals surface area contributed by atoms with Crippen LogP contribution in [0.4, 0.5) is 0 Å². The van der Waals surface area contributed by atoms with Gasteiger partial charge in [-0.05, 0) is 36.5 Å². The van der Waals surface area contributed by atoms with Gasteiger partial charge in [-0.25, -0.2) is 13.1 Å². The predicted octanol–water partition coefficient (Wildman–Crippen LogP) is 1.86. The molecule has 0 heterocycles. The molecular formula is C13H21NO3S. The molecule has 1 aromatic carbocycles. The molecule has 1 aromatic rings. The van der Waals surface area contributed by atoms with Crippen molar-refractivity contribution in [2.24, 2.45) is 0 Å². The summed E-state index contributed by atoms with van der Waals surface area (Å²) in [5.74, 6) is 0.434. The Balaban J connectivity index is 2.78. The van der Waals surface area contributed by atoms with Crippen molar-refractivity contribution >= 4 is 10.0 Å². The van der Waals surface area contributed by atoms with Crippen LogP contribution in [0.5, 0.6) is 0 Å². The van der Waals surface area contributed by atoms with Crippen molar-refractivity contribution in [2.75, 3.05) is 13.2 Å². The Morgan fingerprint density at radius 3 is 2.39 bits per heavy atom. The van der Waals surface area contributed by atoms with Crippen molar-refractivity contribution in [3.05, 3.63) is 29.8 Å². The summed E-state index contributed by atoms with van der Waals surface area (Å²) in [5.41, 5.74) is 1.15. The summed E-state index contributed by atoms with van der Waals surface area (Å²) >= 11 is 0. The van der Waals surface area contributed by atoms with Crippen LogP contribution in [0.2, 0.25) is 0 Å². The standard InChI is InChI=1S/C13H21NO3S/c1-3-11(2)12-5-7-13(8-6-12)18(16,17)14-9-4-10-15/h5-8,11,14-15H,3-4,9-10H2,1-2H3. The van der Waals surface area contributed by atoms with Crippen molar-refractivity contribution in [2.45, 2.75) is 37.5 Å². The average Bonchev–Trinajstić information content (AvgIpc) is 2.38. The molecule has 0 aliphatic heterocycles. The van der Waals surface area contributed by atoms with E-state index in [0.717, 1.165) is 12.0 Å². The van der Waals surface area contributed by atoms with E-state index >= 15 is 0 Å². The van der Waals surface area contributed by atoms with E-state index in [1.807, 2.05) is 12.1 Å². The van der Waals surface area contributed by atoms with Crippen LogP contribution in [0, 0.1) is 0 Å². The number of sulfonamides is 1. The Morgan fingerprint density at radius 2 is 1.89 bits per heavy atom. The van der Waals surface area contributed by atoms with E-state index in [4.69, 9.17) is 5.11 Å². The van der Waals surface area contributed by atoms with Gasteiger partial charge in [0.1, 0.15) is 0 Å². The molecule has 0 fully saturated rings. The van der Waals surface area contributed by atoms with Gasteiger partial charge < -0.3 is 5.11 Å². The molecule has 102 valence electrons. The first-order valence-electron chi connectivity index (χ1n) is 6.21. The summed E-state index contributed by atoms with van der Waals surface area (Å²) in [6.07, 6.45) is 1.45. The van der Waals surface area contributed by atoms with Crippen LogP contribution in [0.1, 0.15) is 38.2 Å². The number of rotatable bonds is 7. The lowest BCUT2D eigenvalue weighted by Crippen LogP contribution is -2.25. The molecule has 0 aromatic heterocycles. The van der Waals surface area contributed by atoms with Crippen molar-refractivity contribution in [3.8, 4) is 0 Å². The van der Waals surface area contributed by atoms with E-state index in [-0.39, 0.29) is 18.0 Å². The molecule has 0 saturated heterocycles. The van der Waals surface area contributed by atoms with Crippen molar-refractivity contribution in [3.63, 3.8) is 0 Å². The Morgan fingerprint density at radius 1 is 1.28 bits per heavy atom. The smallest absolute Gasteiger partial charge is 0.240 e. The number of nitrogens with one attached hydrogen (secondary N) is 1. The highest BCUT2D eigenvalue weighted by atomic mass is 32.2. The minimum absolute atomic E-state index is 0.0184. The minimum Gasteiger partial charge on any atom is -0.396 e. The molecule has 0 spiro atoms. The molecule has 1 unspecified atom stereocenters. The lowest BCUT2D eigenvalue weighted by molar-refractivity contribution is 0.289. The normalized spacial score (nSPS) is 13.5. The first-order valence-corrected chi connectivity index (χ1v) is 7.70. The number of hydrogen-bond donors (Lipinski definition) is 2. The number of aliphatic hydroxyl groups excluding tert-OH is 1. The van der Waals surface area contributed by atoms with E-state index < -0.39 is 10.0 Å². The van der Waals surface area contributed by atoms with Gasteiger partial charge in [0.25, 0.3) is 0 Å². The van der Waals surface area contributed by atoms with Gasteiger partial charge in [0, 0.05) is 13.2 Å². The fourth-order valence-corrected chi connectivity index (χ4v) is 2.65. The van der Waals surface area contributed by atoms with Crippen LogP contribution >= 0.6 is 0 Å². The van der Waals surface area contributed by atoms with E-state index in [2.05, 4.69) is 18.6 Å². The molecule has 2 N–H and O–H groups in total. The molecule has 0 saturated carbocycles. The zero-order valence-corrected chi connectivity index (χ0v) is 11.7. The molecule has 0 aliphatic carbocycles. The average molecular weight is 271 g/mol. The Labute approximate surface area is 109 Å². The second-order valence-electron chi connectivity index (χ2n) is 4.35. The summed E-state index contributed by atoms with van der Waals surface area (Å²) in [6.45, 7) is 4.45. The molecule has 18 heavy (non-hydrogen) atoms. The molecule has 0 bridgehead atoms. The van der Waals surface area contributed by atoms with E-state index in [1.54, 1.807) is 12.1 Å². The van der Waals surface area contributed by atoms with Gasteiger partial charge in [0.05, 0.1) is 4.90 Å². The molecule has 4 nitrogen and oxygen atoms in total. The SMILES string of the molecule is CCC(C)c1ccc(S(=O)(=O)NCCCO)cc1. The highest BCUT2D eigenvalue weighted by Crippen LogP contribution is 2.20. The van der Waals surface area contributed by atoms with Gasteiger partial charge in [-0.1, -0.05) is 26.0 Å². The first-order chi connectivity index (χ1) is 8.51.